The van der Waals surface area contributed by atoms with Gasteiger partial charge in [0.1, 0.15) is 12.2 Å². The first-order valence-corrected chi connectivity index (χ1v) is 9.31. The number of hydrogen-bond donors (Lipinski definition) is 2. The summed E-state index contributed by atoms with van der Waals surface area (Å²) < 4.78 is 11.2. The predicted octanol–water partition coefficient (Wildman–Crippen LogP) is 1.13. The van der Waals surface area contributed by atoms with E-state index in [0.717, 1.165) is 6.42 Å². The van der Waals surface area contributed by atoms with Crippen LogP contribution >= 0.6 is 0 Å². The van der Waals surface area contributed by atoms with E-state index in [-0.39, 0.29) is 17.2 Å². The van der Waals surface area contributed by atoms with Crippen LogP contribution < -0.4 is 0 Å². The van der Waals surface area contributed by atoms with Gasteiger partial charge in [-0.2, -0.15) is 0 Å². The molecule has 0 aliphatic carbocycles. The summed E-state index contributed by atoms with van der Waals surface area (Å²) in [4.78, 5) is 10.3. The van der Waals surface area contributed by atoms with E-state index in [0.29, 0.717) is 19.1 Å². The molecule has 0 bridgehead atoms. The van der Waals surface area contributed by atoms with Crippen LogP contribution in [0.25, 0.3) is 0 Å². The maximum atomic E-state index is 10.3. The van der Waals surface area contributed by atoms with E-state index in [9.17, 15) is 9.90 Å². The van der Waals surface area contributed by atoms with E-state index in [1.54, 1.807) is 0 Å². The van der Waals surface area contributed by atoms with Crippen molar-refractivity contribution in [2.45, 2.75) is 56.7 Å². The van der Waals surface area contributed by atoms with Crippen LogP contribution in [0.4, 0.5) is 0 Å². The van der Waals surface area contributed by atoms with E-state index in [1.165, 1.54) is 0 Å². The quantitative estimate of drug-likeness (QED) is 0.747. The fraction of sp³-hybridized carbons (Fsp3) is 1.00. The van der Waals surface area contributed by atoms with Gasteiger partial charge in [0.2, 0.25) is 0 Å². The molecule has 2 N–H and O–H groups in total. The largest absolute Gasteiger partial charge is 0.432 e. The van der Waals surface area contributed by atoms with Crippen molar-refractivity contribution in [2.75, 3.05) is 13.2 Å². The van der Waals surface area contributed by atoms with E-state index >= 15 is 0 Å². The van der Waals surface area contributed by atoms with Gasteiger partial charge in [0.05, 0.1) is 19.3 Å². The first kappa shape index (κ1) is 13.5. The molecule has 2 heterocycles. The molecular formula is C12H24O4Si. The van der Waals surface area contributed by atoms with Crippen LogP contribution in [0.5, 0.6) is 0 Å². The van der Waals surface area contributed by atoms with Crippen molar-refractivity contribution in [2.24, 2.45) is 5.92 Å². The Balaban J connectivity index is 2.02. The maximum Gasteiger partial charge on any atom is 0.188 e. The second-order valence-electron chi connectivity index (χ2n) is 6.57. The molecule has 4 atom stereocenters. The summed E-state index contributed by atoms with van der Waals surface area (Å²) in [5.41, 5.74) is 0. The molecule has 0 aromatic carbocycles. The normalized spacial score (nSPS) is 38.5. The fourth-order valence-corrected chi connectivity index (χ4v) is 3.40. The number of rotatable bonds is 3. The maximum absolute atomic E-state index is 10.3. The highest BCUT2D eigenvalue weighted by molar-refractivity contribution is 6.72. The zero-order valence-electron chi connectivity index (χ0n) is 11.1. The fourth-order valence-electron chi connectivity index (χ4n) is 2.64. The predicted molar refractivity (Wildman–Crippen MR) is 67.3 cm³/mol. The van der Waals surface area contributed by atoms with Crippen molar-refractivity contribution >= 4 is 8.32 Å². The average molecular weight is 260 g/mol. The van der Waals surface area contributed by atoms with Gasteiger partial charge in [-0.3, -0.25) is 0 Å². The molecule has 2 rings (SSSR count). The van der Waals surface area contributed by atoms with Crippen molar-refractivity contribution in [1.29, 1.82) is 0 Å². The summed E-state index contributed by atoms with van der Waals surface area (Å²) in [6.07, 6.45) is 0.281. The Morgan fingerprint density at radius 1 is 1.18 bits per heavy atom. The lowest BCUT2D eigenvalue weighted by atomic mass is 9.91. The molecule has 0 unspecified atom stereocenters. The SMILES string of the molecule is CC(C)(C[C@H]1CO[C@H]2[C@@H]1OC[C@H]2O)[Si](C)(C)O. The van der Waals surface area contributed by atoms with Crippen molar-refractivity contribution in [1.82, 2.24) is 0 Å². The van der Waals surface area contributed by atoms with Gasteiger partial charge in [0.15, 0.2) is 8.32 Å². The Morgan fingerprint density at radius 2 is 1.76 bits per heavy atom. The third-order valence-electron chi connectivity index (χ3n) is 4.56. The zero-order valence-corrected chi connectivity index (χ0v) is 12.1. The van der Waals surface area contributed by atoms with Crippen LogP contribution in [-0.2, 0) is 9.47 Å². The Hall–Kier alpha value is 0.0569. The smallest absolute Gasteiger partial charge is 0.188 e. The van der Waals surface area contributed by atoms with Crippen molar-refractivity contribution in [3.05, 3.63) is 0 Å². The minimum atomic E-state index is -2.19. The molecule has 17 heavy (non-hydrogen) atoms. The molecule has 0 aromatic rings. The highest BCUT2D eigenvalue weighted by Gasteiger charge is 2.50. The highest BCUT2D eigenvalue weighted by atomic mass is 28.4. The van der Waals surface area contributed by atoms with E-state index in [1.807, 2.05) is 13.1 Å². The Kier molecular flexibility index (Phi) is 3.42. The number of fused-ring (bicyclic) bond motifs is 1. The number of hydrogen-bond acceptors (Lipinski definition) is 4. The average Bonchev–Trinajstić information content (AvgIpc) is 2.70. The monoisotopic (exact) mass is 260 g/mol. The van der Waals surface area contributed by atoms with E-state index < -0.39 is 14.4 Å². The molecule has 0 radical (unpaired) electrons. The van der Waals surface area contributed by atoms with Gasteiger partial charge in [-0.1, -0.05) is 13.8 Å². The van der Waals surface area contributed by atoms with Gasteiger partial charge in [-0.25, -0.2) is 0 Å². The number of aliphatic hydroxyl groups is 1. The summed E-state index contributed by atoms with van der Waals surface area (Å²) >= 11 is 0. The summed E-state index contributed by atoms with van der Waals surface area (Å²) in [7, 11) is -2.19. The highest BCUT2D eigenvalue weighted by Crippen LogP contribution is 2.45. The first-order valence-electron chi connectivity index (χ1n) is 6.36. The molecule has 0 saturated carbocycles. The standard InChI is InChI=1S/C12H24O4Si/c1-12(2,17(3,4)14)5-8-6-15-11-9(13)7-16-10(8)11/h8-11,13-14H,5-7H2,1-4H3/t8-,9+,10+,11+/m0/s1. The van der Waals surface area contributed by atoms with E-state index in [2.05, 4.69) is 13.8 Å². The Bertz CT molecular complexity index is 287. The van der Waals surface area contributed by atoms with Gasteiger partial charge in [0, 0.05) is 5.92 Å². The number of ether oxygens (including phenoxy) is 2. The summed E-state index contributed by atoms with van der Waals surface area (Å²) in [5.74, 6) is 0.297. The molecule has 0 aromatic heterocycles. The van der Waals surface area contributed by atoms with Crippen LogP contribution in [0.2, 0.25) is 18.1 Å². The number of aliphatic hydroxyl groups excluding tert-OH is 1. The minimum absolute atomic E-state index is 0.0145. The molecule has 0 amide bonds. The molecule has 0 spiro atoms. The van der Waals surface area contributed by atoms with Gasteiger partial charge >= 0.3 is 0 Å². The summed E-state index contributed by atoms with van der Waals surface area (Å²) in [6, 6.07) is 0. The van der Waals surface area contributed by atoms with Crippen LogP contribution in [0.3, 0.4) is 0 Å². The molecular weight excluding hydrogens is 236 g/mol. The van der Waals surface area contributed by atoms with Gasteiger partial charge < -0.3 is 19.4 Å². The van der Waals surface area contributed by atoms with Gasteiger partial charge in [-0.15, -0.1) is 0 Å². The molecule has 2 aliphatic rings. The summed E-state index contributed by atoms with van der Waals surface area (Å²) in [5, 5.41) is 9.62. The minimum Gasteiger partial charge on any atom is -0.432 e. The Labute approximate surface area is 104 Å². The molecule has 2 fully saturated rings. The topological polar surface area (TPSA) is 58.9 Å². The molecule has 4 nitrogen and oxygen atoms in total. The van der Waals surface area contributed by atoms with E-state index in [4.69, 9.17) is 9.47 Å². The lowest BCUT2D eigenvalue weighted by molar-refractivity contribution is 0.0163. The van der Waals surface area contributed by atoms with Crippen LogP contribution in [-0.4, -0.2) is 49.7 Å². The lowest BCUT2D eigenvalue weighted by Crippen LogP contribution is -2.41. The molecule has 5 heteroatoms. The van der Waals surface area contributed by atoms with Crippen LogP contribution in [0.1, 0.15) is 20.3 Å². The van der Waals surface area contributed by atoms with Crippen molar-refractivity contribution in [3.8, 4) is 0 Å². The van der Waals surface area contributed by atoms with Gasteiger partial charge in [0.25, 0.3) is 0 Å². The second kappa shape index (κ2) is 4.31. The third-order valence-corrected chi connectivity index (χ3v) is 8.08. The molecule has 2 aliphatic heterocycles. The van der Waals surface area contributed by atoms with Crippen LogP contribution in [0.15, 0.2) is 0 Å². The molecule has 100 valence electrons. The molecule has 2 saturated heterocycles. The summed E-state index contributed by atoms with van der Waals surface area (Å²) in [6.45, 7) is 9.22. The Morgan fingerprint density at radius 3 is 2.35 bits per heavy atom. The second-order valence-corrected chi connectivity index (χ2v) is 11.0. The van der Waals surface area contributed by atoms with Crippen LogP contribution in [0, 0.1) is 5.92 Å². The third kappa shape index (κ3) is 2.44. The first-order chi connectivity index (χ1) is 7.72. The van der Waals surface area contributed by atoms with Crippen molar-refractivity contribution < 1.29 is 19.4 Å². The lowest BCUT2D eigenvalue weighted by Gasteiger charge is -2.37. The zero-order chi connectivity index (χ0) is 12.8. The van der Waals surface area contributed by atoms with Gasteiger partial charge in [-0.05, 0) is 24.6 Å². The van der Waals surface area contributed by atoms with Crippen molar-refractivity contribution in [3.63, 3.8) is 0 Å².